The number of carbonyl (C=O) groups is 2. The van der Waals surface area contributed by atoms with E-state index in [4.69, 9.17) is 0 Å². The van der Waals surface area contributed by atoms with Crippen molar-refractivity contribution in [1.82, 2.24) is 19.4 Å². The van der Waals surface area contributed by atoms with E-state index in [-0.39, 0.29) is 22.6 Å². The Bertz CT molecular complexity index is 1320. The van der Waals surface area contributed by atoms with Crippen LogP contribution >= 0.6 is 0 Å². The van der Waals surface area contributed by atoms with E-state index in [9.17, 15) is 22.8 Å². The maximum atomic E-state index is 13.0. The molecule has 0 unspecified atom stereocenters. The summed E-state index contributed by atoms with van der Waals surface area (Å²) in [7, 11) is 0. The molecule has 31 heavy (non-hydrogen) atoms. The average molecular weight is 427 g/mol. The number of hydrogen-bond donors (Lipinski definition) is 1. The number of alkyl halides is 3. The third-order valence-electron chi connectivity index (χ3n) is 4.82. The van der Waals surface area contributed by atoms with Crippen molar-refractivity contribution in [3.05, 3.63) is 77.4 Å². The minimum absolute atomic E-state index is 0.0272. The molecule has 0 bridgehead atoms. The van der Waals surface area contributed by atoms with Gasteiger partial charge in [0, 0.05) is 0 Å². The Labute approximate surface area is 174 Å². The second-order valence-corrected chi connectivity index (χ2v) is 6.88. The van der Waals surface area contributed by atoms with E-state index >= 15 is 0 Å². The minimum Gasteiger partial charge on any atom is -0.283 e. The molecule has 158 valence electrons. The summed E-state index contributed by atoms with van der Waals surface area (Å²) < 4.78 is 41.7. The van der Waals surface area contributed by atoms with Crippen LogP contribution in [0.4, 0.5) is 13.2 Å². The van der Waals surface area contributed by atoms with Gasteiger partial charge in [0.1, 0.15) is 6.33 Å². The Morgan fingerprint density at radius 1 is 1.03 bits per heavy atom. The van der Waals surface area contributed by atoms with Gasteiger partial charge in [0.15, 0.2) is 0 Å². The van der Waals surface area contributed by atoms with E-state index in [1.54, 1.807) is 24.3 Å². The van der Waals surface area contributed by atoms with E-state index in [1.165, 1.54) is 41.7 Å². The monoisotopic (exact) mass is 427 g/mol. The van der Waals surface area contributed by atoms with Crippen LogP contribution in [0.15, 0.2) is 54.9 Å². The van der Waals surface area contributed by atoms with Crippen LogP contribution in [-0.2, 0) is 11.0 Å². The second kappa shape index (κ2) is 7.38. The molecule has 0 fully saturated rings. The fourth-order valence-electron chi connectivity index (χ4n) is 3.36. The lowest BCUT2D eigenvalue weighted by atomic mass is 10.1. The number of ketones is 1. The van der Waals surface area contributed by atoms with Gasteiger partial charge in [-0.05, 0) is 44.2 Å². The molecule has 0 saturated carbocycles. The van der Waals surface area contributed by atoms with Crippen molar-refractivity contribution >= 4 is 22.7 Å². The summed E-state index contributed by atoms with van der Waals surface area (Å²) in [5.41, 5.74) is 3.53. The number of aromatic nitrogens is 4. The first-order chi connectivity index (χ1) is 14.7. The first-order valence-electron chi connectivity index (χ1n) is 9.18. The molecule has 0 atom stereocenters. The zero-order valence-corrected chi connectivity index (χ0v) is 16.4. The van der Waals surface area contributed by atoms with Crippen molar-refractivity contribution in [1.29, 1.82) is 0 Å². The molecule has 1 amide bonds. The number of fused-ring (bicyclic) bond motifs is 1. The number of aryl methyl sites for hydroxylation is 1. The predicted molar refractivity (Wildman–Crippen MR) is 106 cm³/mol. The van der Waals surface area contributed by atoms with Crippen LogP contribution in [-0.4, -0.2) is 31.1 Å². The minimum atomic E-state index is -4.52. The maximum Gasteiger partial charge on any atom is 0.416 e. The molecule has 10 heteroatoms. The van der Waals surface area contributed by atoms with Crippen molar-refractivity contribution in [3.63, 3.8) is 0 Å². The fraction of sp³-hybridized carbons (Fsp3) is 0.143. The Kier molecular flexibility index (Phi) is 4.84. The summed E-state index contributed by atoms with van der Waals surface area (Å²) in [5, 5.41) is 4.18. The number of benzene rings is 2. The van der Waals surface area contributed by atoms with Gasteiger partial charge < -0.3 is 0 Å². The van der Waals surface area contributed by atoms with Crippen LogP contribution in [0.25, 0.3) is 16.7 Å². The zero-order valence-electron chi connectivity index (χ0n) is 16.4. The summed E-state index contributed by atoms with van der Waals surface area (Å²) in [5.74, 6) is -1.77. The Morgan fingerprint density at radius 3 is 2.52 bits per heavy atom. The average Bonchev–Trinajstić information content (AvgIpc) is 3.27. The third-order valence-corrected chi connectivity index (χ3v) is 4.82. The lowest BCUT2D eigenvalue weighted by Crippen LogP contribution is -2.30. The standard InChI is InChI=1S/C21H16F3N5O2/c1-12-18(13(2)29(26-12)15-7-5-6-14(10-15)21(22,23)24)19(30)20(31)27-28-11-25-16-8-3-4-9-17(16)28/h3-11H,1-2H3,(H,27,31). The highest BCUT2D eigenvalue weighted by Crippen LogP contribution is 2.31. The largest absolute Gasteiger partial charge is 0.416 e. The van der Waals surface area contributed by atoms with Gasteiger partial charge >= 0.3 is 12.1 Å². The van der Waals surface area contributed by atoms with Gasteiger partial charge in [-0.2, -0.15) is 18.3 Å². The van der Waals surface area contributed by atoms with Gasteiger partial charge in [0.05, 0.1) is 39.2 Å². The van der Waals surface area contributed by atoms with E-state index in [1.807, 2.05) is 0 Å². The smallest absolute Gasteiger partial charge is 0.283 e. The van der Waals surface area contributed by atoms with Crippen molar-refractivity contribution in [2.75, 3.05) is 5.43 Å². The molecule has 2 aromatic heterocycles. The summed E-state index contributed by atoms with van der Waals surface area (Å²) >= 11 is 0. The van der Waals surface area contributed by atoms with Crippen LogP contribution in [0.1, 0.15) is 27.3 Å². The molecule has 0 aliphatic carbocycles. The Hall–Kier alpha value is -3.95. The van der Waals surface area contributed by atoms with Crippen LogP contribution in [0.5, 0.6) is 0 Å². The second-order valence-electron chi connectivity index (χ2n) is 6.88. The summed E-state index contributed by atoms with van der Waals surface area (Å²) in [4.78, 5) is 29.6. The molecule has 7 nitrogen and oxygen atoms in total. The third kappa shape index (κ3) is 3.67. The first-order valence-corrected chi connectivity index (χ1v) is 9.18. The number of Topliss-reactive ketones (excluding diaryl/α,β-unsaturated/α-hetero) is 1. The number of para-hydroxylation sites is 2. The quantitative estimate of drug-likeness (QED) is 0.397. The van der Waals surface area contributed by atoms with E-state index in [0.717, 1.165) is 12.1 Å². The first kappa shape index (κ1) is 20.3. The van der Waals surface area contributed by atoms with Gasteiger partial charge in [-0.3, -0.25) is 15.0 Å². The van der Waals surface area contributed by atoms with Crippen LogP contribution in [0.2, 0.25) is 0 Å². The molecule has 0 aliphatic heterocycles. The lowest BCUT2D eigenvalue weighted by molar-refractivity contribution is -0.137. The molecule has 0 spiro atoms. The number of hydrogen-bond acceptors (Lipinski definition) is 4. The highest BCUT2D eigenvalue weighted by Gasteiger charge is 2.31. The number of halogens is 3. The van der Waals surface area contributed by atoms with Gasteiger partial charge in [-0.1, -0.05) is 18.2 Å². The molecule has 0 saturated heterocycles. The van der Waals surface area contributed by atoms with Gasteiger partial charge in [-0.25, -0.2) is 14.3 Å². The number of carbonyl (C=O) groups excluding carboxylic acids is 2. The Balaban J connectivity index is 1.65. The van der Waals surface area contributed by atoms with Crippen molar-refractivity contribution in [3.8, 4) is 5.69 Å². The molecular formula is C21H16F3N5O2. The molecule has 1 N–H and O–H groups in total. The van der Waals surface area contributed by atoms with Crippen molar-refractivity contribution < 1.29 is 22.8 Å². The van der Waals surface area contributed by atoms with Crippen LogP contribution in [0, 0.1) is 13.8 Å². The summed E-state index contributed by atoms with van der Waals surface area (Å²) in [6.07, 6.45) is -3.14. The normalized spacial score (nSPS) is 11.6. The van der Waals surface area contributed by atoms with E-state index < -0.39 is 23.4 Å². The number of nitrogens with one attached hydrogen (secondary N) is 1. The van der Waals surface area contributed by atoms with Gasteiger partial charge in [0.25, 0.3) is 5.78 Å². The highest BCUT2D eigenvalue weighted by molar-refractivity contribution is 6.46. The molecule has 4 rings (SSSR count). The molecule has 2 heterocycles. The molecule has 4 aromatic rings. The molecule has 0 aliphatic rings. The number of nitrogens with zero attached hydrogens (tertiary/aromatic N) is 4. The maximum absolute atomic E-state index is 13.0. The lowest BCUT2D eigenvalue weighted by Gasteiger charge is -2.10. The van der Waals surface area contributed by atoms with Gasteiger partial charge in [-0.15, -0.1) is 0 Å². The van der Waals surface area contributed by atoms with E-state index in [0.29, 0.717) is 11.0 Å². The summed E-state index contributed by atoms with van der Waals surface area (Å²) in [6, 6.07) is 11.6. The topological polar surface area (TPSA) is 81.8 Å². The molecular weight excluding hydrogens is 411 g/mol. The van der Waals surface area contributed by atoms with Crippen LogP contribution < -0.4 is 5.43 Å². The fourth-order valence-corrected chi connectivity index (χ4v) is 3.36. The highest BCUT2D eigenvalue weighted by atomic mass is 19.4. The van der Waals surface area contributed by atoms with E-state index in [2.05, 4.69) is 15.5 Å². The van der Waals surface area contributed by atoms with Crippen LogP contribution in [0.3, 0.4) is 0 Å². The van der Waals surface area contributed by atoms with Crippen molar-refractivity contribution in [2.24, 2.45) is 0 Å². The number of amides is 1. The molecule has 2 aromatic carbocycles. The number of imidazole rings is 1. The SMILES string of the molecule is Cc1nn(-c2cccc(C(F)(F)F)c2)c(C)c1C(=O)C(=O)Nn1cnc2ccccc21. The predicted octanol–water partition coefficient (Wildman–Crippen LogP) is 3.81. The number of rotatable bonds is 4. The summed E-state index contributed by atoms with van der Waals surface area (Å²) in [6.45, 7) is 3.04. The molecule has 0 radical (unpaired) electrons. The van der Waals surface area contributed by atoms with Crippen molar-refractivity contribution in [2.45, 2.75) is 20.0 Å². The Morgan fingerprint density at radius 2 is 1.77 bits per heavy atom. The zero-order chi connectivity index (χ0) is 22.3. The van der Waals surface area contributed by atoms with Gasteiger partial charge in [0.2, 0.25) is 0 Å².